The zero-order valence-electron chi connectivity index (χ0n) is 15.1. The fourth-order valence-electron chi connectivity index (χ4n) is 4.30. The summed E-state index contributed by atoms with van der Waals surface area (Å²) < 4.78 is 2.18. The highest BCUT2D eigenvalue weighted by atomic mass is 16.3. The first-order valence-corrected chi connectivity index (χ1v) is 9.34. The summed E-state index contributed by atoms with van der Waals surface area (Å²) in [7, 11) is 0. The average Bonchev–Trinajstić information content (AvgIpc) is 2.95. The summed E-state index contributed by atoms with van der Waals surface area (Å²) in [6, 6.07) is 0.200. The maximum absolute atomic E-state index is 12.9. The molecule has 2 aliphatic rings. The molecule has 1 saturated carbocycles. The molecule has 1 aliphatic heterocycles. The van der Waals surface area contributed by atoms with Crippen molar-refractivity contribution in [1.29, 1.82) is 0 Å². The van der Waals surface area contributed by atoms with E-state index in [0.29, 0.717) is 19.0 Å². The number of nitrogens with zero attached hydrogens (tertiary/aromatic N) is 4. The van der Waals surface area contributed by atoms with Crippen LogP contribution in [-0.4, -0.2) is 43.3 Å². The standard InChI is InChI=1S/C18H30N4O2/c1-12(2)9-15-10-21(11-16-20-19-13(3)22(15)16)18(24)17(23)14-7-5-4-6-8-14/h12,14-15,17,23H,4-11H2,1-3H3/t15-,17+/m0/s1. The molecule has 1 aromatic rings. The molecule has 0 saturated heterocycles. The molecule has 0 spiro atoms. The van der Waals surface area contributed by atoms with Crippen LogP contribution in [0.5, 0.6) is 0 Å². The third-order valence-electron chi connectivity index (χ3n) is 5.47. The van der Waals surface area contributed by atoms with Crippen molar-refractivity contribution in [3.63, 3.8) is 0 Å². The summed E-state index contributed by atoms with van der Waals surface area (Å²) in [6.07, 6.45) is 5.52. The van der Waals surface area contributed by atoms with Gasteiger partial charge in [-0.05, 0) is 38.0 Å². The van der Waals surface area contributed by atoms with Gasteiger partial charge in [-0.2, -0.15) is 0 Å². The Morgan fingerprint density at radius 1 is 1.25 bits per heavy atom. The van der Waals surface area contributed by atoms with E-state index in [9.17, 15) is 9.90 Å². The van der Waals surface area contributed by atoms with Crippen LogP contribution in [0.1, 0.15) is 70.1 Å². The van der Waals surface area contributed by atoms with E-state index >= 15 is 0 Å². The van der Waals surface area contributed by atoms with Crippen molar-refractivity contribution < 1.29 is 9.90 Å². The maximum atomic E-state index is 12.9. The summed E-state index contributed by atoms with van der Waals surface area (Å²) in [5.74, 6) is 2.28. The molecule has 1 fully saturated rings. The summed E-state index contributed by atoms with van der Waals surface area (Å²) in [6.45, 7) is 7.46. The zero-order valence-corrected chi connectivity index (χ0v) is 15.1. The first-order valence-electron chi connectivity index (χ1n) is 9.34. The molecule has 6 heteroatoms. The van der Waals surface area contributed by atoms with Crippen molar-refractivity contribution in [2.45, 2.75) is 78.0 Å². The summed E-state index contributed by atoms with van der Waals surface area (Å²) >= 11 is 0. The predicted molar refractivity (Wildman–Crippen MR) is 91.2 cm³/mol. The number of fused-ring (bicyclic) bond motifs is 1. The van der Waals surface area contributed by atoms with E-state index in [1.54, 1.807) is 4.90 Å². The zero-order chi connectivity index (χ0) is 17.3. The van der Waals surface area contributed by atoms with Crippen LogP contribution < -0.4 is 0 Å². The molecule has 3 rings (SSSR count). The van der Waals surface area contributed by atoms with Crippen LogP contribution in [0.2, 0.25) is 0 Å². The predicted octanol–water partition coefficient (Wildman–Crippen LogP) is 2.46. The number of carbonyl (C=O) groups is 1. The Labute approximate surface area is 144 Å². The van der Waals surface area contributed by atoms with Crippen LogP contribution in [-0.2, 0) is 11.3 Å². The second kappa shape index (κ2) is 7.21. The van der Waals surface area contributed by atoms with Crippen LogP contribution in [0.25, 0.3) is 0 Å². The lowest BCUT2D eigenvalue weighted by molar-refractivity contribution is -0.146. The molecule has 2 atom stereocenters. The van der Waals surface area contributed by atoms with Gasteiger partial charge in [0, 0.05) is 6.54 Å². The second-order valence-corrected chi connectivity index (χ2v) is 7.88. The van der Waals surface area contributed by atoms with Crippen LogP contribution >= 0.6 is 0 Å². The monoisotopic (exact) mass is 334 g/mol. The maximum Gasteiger partial charge on any atom is 0.252 e. The van der Waals surface area contributed by atoms with Crippen molar-refractivity contribution in [3.05, 3.63) is 11.6 Å². The average molecular weight is 334 g/mol. The second-order valence-electron chi connectivity index (χ2n) is 7.88. The SMILES string of the molecule is Cc1nnc2n1[C@@H](CC(C)C)CN(C(=O)[C@H](O)C1CCCCC1)C2. The van der Waals surface area contributed by atoms with Crippen molar-refractivity contribution in [1.82, 2.24) is 19.7 Å². The number of amides is 1. The molecule has 0 aromatic carbocycles. The van der Waals surface area contributed by atoms with Gasteiger partial charge < -0.3 is 14.6 Å². The number of carbonyl (C=O) groups excluding carboxylic acids is 1. The molecule has 1 N–H and O–H groups in total. The van der Waals surface area contributed by atoms with Gasteiger partial charge in [-0.1, -0.05) is 33.1 Å². The molecule has 0 radical (unpaired) electrons. The van der Waals surface area contributed by atoms with E-state index in [-0.39, 0.29) is 17.9 Å². The van der Waals surface area contributed by atoms with E-state index < -0.39 is 6.10 Å². The molecule has 134 valence electrons. The van der Waals surface area contributed by atoms with Gasteiger partial charge in [-0.25, -0.2) is 0 Å². The Morgan fingerprint density at radius 3 is 2.62 bits per heavy atom. The number of aliphatic hydroxyl groups is 1. The van der Waals surface area contributed by atoms with Gasteiger partial charge in [-0.15, -0.1) is 10.2 Å². The van der Waals surface area contributed by atoms with Crippen molar-refractivity contribution >= 4 is 5.91 Å². The molecule has 2 heterocycles. The minimum atomic E-state index is -0.861. The van der Waals surface area contributed by atoms with Gasteiger partial charge in [0.1, 0.15) is 11.9 Å². The fourth-order valence-corrected chi connectivity index (χ4v) is 4.30. The Hall–Kier alpha value is -1.43. The highest BCUT2D eigenvalue weighted by Gasteiger charge is 2.36. The Bertz CT molecular complexity index is 578. The minimum absolute atomic E-state index is 0.122. The van der Waals surface area contributed by atoms with Gasteiger partial charge in [-0.3, -0.25) is 4.79 Å². The van der Waals surface area contributed by atoms with Gasteiger partial charge in [0.2, 0.25) is 0 Å². The molecule has 1 amide bonds. The van der Waals surface area contributed by atoms with Gasteiger partial charge in [0.05, 0.1) is 12.6 Å². The van der Waals surface area contributed by atoms with Crippen molar-refractivity contribution in [2.75, 3.05) is 6.54 Å². The van der Waals surface area contributed by atoms with Gasteiger partial charge >= 0.3 is 0 Å². The molecule has 6 nitrogen and oxygen atoms in total. The van der Waals surface area contributed by atoms with E-state index in [1.165, 1.54) is 6.42 Å². The normalized spacial score (nSPS) is 23.4. The molecule has 0 bridgehead atoms. The Balaban J connectivity index is 1.75. The van der Waals surface area contributed by atoms with Gasteiger partial charge in [0.25, 0.3) is 5.91 Å². The minimum Gasteiger partial charge on any atom is -0.383 e. The molecule has 1 aromatic heterocycles. The van der Waals surface area contributed by atoms with E-state index in [4.69, 9.17) is 0 Å². The highest BCUT2D eigenvalue weighted by molar-refractivity contribution is 5.81. The Kier molecular flexibility index (Phi) is 5.23. The number of aryl methyl sites for hydroxylation is 1. The topological polar surface area (TPSA) is 71.2 Å². The molecule has 0 unspecified atom stereocenters. The molecule has 24 heavy (non-hydrogen) atoms. The largest absolute Gasteiger partial charge is 0.383 e. The van der Waals surface area contributed by atoms with E-state index in [0.717, 1.165) is 43.8 Å². The number of hydrogen-bond acceptors (Lipinski definition) is 4. The van der Waals surface area contributed by atoms with E-state index in [2.05, 4.69) is 28.6 Å². The Morgan fingerprint density at radius 2 is 1.96 bits per heavy atom. The first-order chi connectivity index (χ1) is 11.5. The quantitative estimate of drug-likeness (QED) is 0.918. The lowest BCUT2D eigenvalue weighted by Gasteiger charge is -2.37. The molecule has 1 aliphatic carbocycles. The fraction of sp³-hybridized carbons (Fsp3) is 0.833. The lowest BCUT2D eigenvalue weighted by atomic mass is 9.84. The number of rotatable bonds is 4. The lowest BCUT2D eigenvalue weighted by Crippen LogP contribution is -2.48. The highest BCUT2D eigenvalue weighted by Crippen LogP contribution is 2.31. The summed E-state index contributed by atoms with van der Waals surface area (Å²) in [4.78, 5) is 14.7. The summed E-state index contributed by atoms with van der Waals surface area (Å²) in [5.41, 5.74) is 0. The van der Waals surface area contributed by atoms with Crippen LogP contribution in [0.15, 0.2) is 0 Å². The van der Waals surface area contributed by atoms with Crippen molar-refractivity contribution in [2.24, 2.45) is 11.8 Å². The number of aliphatic hydroxyl groups excluding tert-OH is 1. The van der Waals surface area contributed by atoms with E-state index in [1.807, 2.05) is 6.92 Å². The molecular weight excluding hydrogens is 304 g/mol. The van der Waals surface area contributed by atoms with Crippen LogP contribution in [0.3, 0.4) is 0 Å². The summed E-state index contributed by atoms with van der Waals surface area (Å²) in [5, 5.41) is 19.0. The smallest absolute Gasteiger partial charge is 0.252 e. The number of hydrogen-bond donors (Lipinski definition) is 1. The van der Waals surface area contributed by atoms with Crippen LogP contribution in [0, 0.1) is 18.8 Å². The molecular formula is C18H30N4O2. The number of aromatic nitrogens is 3. The first kappa shape index (κ1) is 17.4. The van der Waals surface area contributed by atoms with Gasteiger partial charge in [0.15, 0.2) is 5.82 Å². The third kappa shape index (κ3) is 3.48. The van der Waals surface area contributed by atoms with Crippen LogP contribution in [0.4, 0.5) is 0 Å². The third-order valence-corrected chi connectivity index (χ3v) is 5.47. The van der Waals surface area contributed by atoms with Crippen molar-refractivity contribution in [3.8, 4) is 0 Å².